The van der Waals surface area contributed by atoms with Gasteiger partial charge in [-0.05, 0) is 55.8 Å². The Hall–Kier alpha value is -1.35. The second kappa shape index (κ2) is 10.7. The molecule has 1 saturated heterocycles. The molecule has 3 rings (SSSR count). The molecule has 0 radical (unpaired) electrons. The minimum absolute atomic E-state index is 0. The number of hydrogen-bond donors (Lipinski definition) is 2. The molecular formula is C19H28IN5S. The second-order valence-electron chi connectivity index (χ2n) is 6.32. The number of aliphatic imine (C=N–C) groups is 1. The van der Waals surface area contributed by atoms with Gasteiger partial charge >= 0.3 is 0 Å². The molecule has 0 saturated carbocycles. The fourth-order valence-electron chi connectivity index (χ4n) is 3.05. The Kier molecular flexibility index (Phi) is 8.64. The van der Waals surface area contributed by atoms with Crippen molar-refractivity contribution in [2.75, 3.05) is 24.5 Å². The third-order valence-corrected chi connectivity index (χ3v) is 5.43. The average Bonchev–Trinajstić information content (AvgIpc) is 3.16. The number of anilines is 1. The molecule has 26 heavy (non-hydrogen) atoms. The van der Waals surface area contributed by atoms with Gasteiger partial charge in [-0.2, -0.15) is 0 Å². The number of guanidine groups is 1. The molecule has 0 atom stereocenters. The topological polar surface area (TPSA) is 52.6 Å². The van der Waals surface area contributed by atoms with E-state index in [0.29, 0.717) is 12.6 Å². The number of halogens is 1. The maximum atomic E-state index is 4.73. The van der Waals surface area contributed by atoms with Gasteiger partial charge in [-0.3, -0.25) is 4.98 Å². The summed E-state index contributed by atoms with van der Waals surface area (Å²) in [6.07, 6.45) is 4.09. The molecule has 1 fully saturated rings. The Morgan fingerprint density at radius 2 is 2.12 bits per heavy atom. The van der Waals surface area contributed by atoms with Crippen molar-refractivity contribution in [3.05, 3.63) is 47.1 Å². The summed E-state index contributed by atoms with van der Waals surface area (Å²) in [5, 5.41) is 10.5. The van der Waals surface area contributed by atoms with E-state index in [4.69, 9.17) is 4.99 Å². The normalized spacial score (nSPS) is 15.5. The van der Waals surface area contributed by atoms with Gasteiger partial charge in [0.15, 0.2) is 5.96 Å². The SMILES string of the molecule is CCNC(=NCc1ncccc1C)NC1CCN(c2cccs2)CC1.I. The molecule has 5 nitrogen and oxygen atoms in total. The number of nitrogens with one attached hydrogen (secondary N) is 2. The Morgan fingerprint density at radius 1 is 1.31 bits per heavy atom. The molecule has 7 heteroatoms. The zero-order valence-corrected chi connectivity index (χ0v) is 18.6. The van der Waals surface area contributed by atoms with Crippen molar-refractivity contribution in [2.45, 2.75) is 39.3 Å². The van der Waals surface area contributed by atoms with Crippen LogP contribution in [0.2, 0.25) is 0 Å². The maximum absolute atomic E-state index is 4.73. The Bertz CT molecular complexity index is 681. The molecule has 2 N–H and O–H groups in total. The van der Waals surface area contributed by atoms with Crippen LogP contribution in [-0.4, -0.2) is 36.6 Å². The fourth-order valence-corrected chi connectivity index (χ4v) is 3.83. The van der Waals surface area contributed by atoms with E-state index in [1.807, 2.05) is 23.6 Å². The van der Waals surface area contributed by atoms with E-state index in [9.17, 15) is 0 Å². The molecule has 0 spiro atoms. The van der Waals surface area contributed by atoms with Crippen LogP contribution in [0.25, 0.3) is 0 Å². The molecule has 1 aliphatic rings. The quantitative estimate of drug-likeness (QED) is 0.385. The predicted molar refractivity (Wildman–Crippen MR) is 122 cm³/mol. The van der Waals surface area contributed by atoms with E-state index >= 15 is 0 Å². The lowest BCUT2D eigenvalue weighted by molar-refractivity contribution is 0.463. The first-order valence-electron chi connectivity index (χ1n) is 9.00. The number of aromatic nitrogens is 1. The van der Waals surface area contributed by atoms with Crippen LogP contribution in [0.1, 0.15) is 31.0 Å². The van der Waals surface area contributed by atoms with Gasteiger partial charge in [0, 0.05) is 31.9 Å². The molecule has 2 aromatic heterocycles. The van der Waals surface area contributed by atoms with Crippen LogP contribution in [0.5, 0.6) is 0 Å². The van der Waals surface area contributed by atoms with Crippen LogP contribution < -0.4 is 15.5 Å². The summed E-state index contributed by atoms with van der Waals surface area (Å²) in [6.45, 7) is 7.84. The lowest BCUT2D eigenvalue weighted by Crippen LogP contribution is -2.48. The Balaban J connectivity index is 0.00000243. The monoisotopic (exact) mass is 485 g/mol. The van der Waals surface area contributed by atoms with Gasteiger partial charge in [-0.1, -0.05) is 6.07 Å². The summed E-state index contributed by atoms with van der Waals surface area (Å²) in [6, 6.07) is 8.85. The van der Waals surface area contributed by atoms with E-state index in [1.165, 1.54) is 10.6 Å². The zero-order chi connectivity index (χ0) is 17.5. The summed E-state index contributed by atoms with van der Waals surface area (Å²) in [5.74, 6) is 0.891. The van der Waals surface area contributed by atoms with Crippen LogP contribution in [0.4, 0.5) is 5.00 Å². The number of piperidine rings is 1. The third kappa shape index (κ3) is 5.84. The van der Waals surface area contributed by atoms with Crippen LogP contribution >= 0.6 is 35.3 Å². The number of thiophene rings is 1. The summed E-state index contributed by atoms with van der Waals surface area (Å²) >= 11 is 1.82. The first-order chi connectivity index (χ1) is 12.3. The molecule has 1 aliphatic heterocycles. The van der Waals surface area contributed by atoms with Crippen LogP contribution in [0, 0.1) is 6.92 Å². The minimum atomic E-state index is 0. The molecule has 0 amide bonds. The smallest absolute Gasteiger partial charge is 0.191 e. The van der Waals surface area contributed by atoms with Crippen LogP contribution in [0.3, 0.4) is 0 Å². The highest BCUT2D eigenvalue weighted by Crippen LogP contribution is 2.24. The fraction of sp³-hybridized carbons (Fsp3) is 0.474. The zero-order valence-electron chi connectivity index (χ0n) is 15.4. The first-order valence-corrected chi connectivity index (χ1v) is 9.88. The van der Waals surface area contributed by atoms with Crippen molar-refractivity contribution >= 4 is 46.3 Å². The van der Waals surface area contributed by atoms with Crippen molar-refractivity contribution in [3.8, 4) is 0 Å². The lowest BCUT2D eigenvalue weighted by atomic mass is 10.1. The third-order valence-electron chi connectivity index (χ3n) is 4.50. The predicted octanol–water partition coefficient (Wildman–Crippen LogP) is 3.79. The summed E-state index contributed by atoms with van der Waals surface area (Å²) in [5.41, 5.74) is 2.22. The van der Waals surface area contributed by atoms with Crippen molar-refractivity contribution in [2.24, 2.45) is 4.99 Å². The highest BCUT2D eigenvalue weighted by molar-refractivity contribution is 14.0. The number of hydrogen-bond acceptors (Lipinski definition) is 4. The van der Waals surface area contributed by atoms with Gasteiger partial charge in [-0.15, -0.1) is 35.3 Å². The first kappa shape index (κ1) is 21.0. The molecular weight excluding hydrogens is 457 g/mol. The molecule has 3 heterocycles. The molecule has 0 aliphatic carbocycles. The Labute approximate surface area is 177 Å². The summed E-state index contributed by atoms with van der Waals surface area (Å²) < 4.78 is 0. The number of nitrogens with zero attached hydrogens (tertiary/aromatic N) is 3. The minimum Gasteiger partial charge on any atom is -0.363 e. The highest BCUT2D eigenvalue weighted by Gasteiger charge is 2.20. The Morgan fingerprint density at radius 3 is 2.77 bits per heavy atom. The number of rotatable bonds is 5. The van der Waals surface area contributed by atoms with Crippen LogP contribution in [0.15, 0.2) is 40.8 Å². The van der Waals surface area contributed by atoms with E-state index in [1.54, 1.807) is 0 Å². The second-order valence-corrected chi connectivity index (χ2v) is 7.25. The number of aryl methyl sites for hydroxylation is 1. The van der Waals surface area contributed by atoms with E-state index in [0.717, 1.165) is 44.1 Å². The molecule has 0 aromatic carbocycles. The van der Waals surface area contributed by atoms with Crippen molar-refractivity contribution in [1.82, 2.24) is 15.6 Å². The van der Waals surface area contributed by atoms with E-state index < -0.39 is 0 Å². The van der Waals surface area contributed by atoms with Gasteiger partial charge in [0.2, 0.25) is 0 Å². The van der Waals surface area contributed by atoms with Gasteiger partial charge in [0.05, 0.1) is 17.2 Å². The number of pyridine rings is 1. The van der Waals surface area contributed by atoms with E-state index in [2.05, 4.69) is 57.9 Å². The van der Waals surface area contributed by atoms with Gasteiger partial charge < -0.3 is 15.5 Å². The molecule has 2 aromatic rings. The highest BCUT2D eigenvalue weighted by atomic mass is 127. The van der Waals surface area contributed by atoms with Crippen molar-refractivity contribution in [3.63, 3.8) is 0 Å². The largest absolute Gasteiger partial charge is 0.363 e. The molecule has 0 bridgehead atoms. The lowest BCUT2D eigenvalue weighted by Gasteiger charge is -2.33. The van der Waals surface area contributed by atoms with E-state index in [-0.39, 0.29) is 24.0 Å². The van der Waals surface area contributed by atoms with Crippen molar-refractivity contribution in [1.29, 1.82) is 0 Å². The van der Waals surface area contributed by atoms with Gasteiger partial charge in [0.1, 0.15) is 0 Å². The summed E-state index contributed by atoms with van der Waals surface area (Å²) in [4.78, 5) is 11.6. The molecule has 0 unspecified atom stereocenters. The summed E-state index contributed by atoms with van der Waals surface area (Å²) in [7, 11) is 0. The van der Waals surface area contributed by atoms with Gasteiger partial charge in [0.25, 0.3) is 0 Å². The van der Waals surface area contributed by atoms with Crippen molar-refractivity contribution < 1.29 is 0 Å². The maximum Gasteiger partial charge on any atom is 0.191 e. The standard InChI is InChI=1S/C19H27N5S.HI/c1-3-20-19(22-14-17-15(2)6-4-10-21-17)23-16-8-11-24(12-9-16)18-7-5-13-25-18;/h4-7,10,13,16H,3,8-9,11-12,14H2,1-2H3,(H2,20,22,23);1H. The van der Waals surface area contributed by atoms with Gasteiger partial charge in [-0.25, -0.2) is 4.99 Å². The molecule has 142 valence electrons. The van der Waals surface area contributed by atoms with Crippen LogP contribution in [-0.2, 0) is 6.54 Å². The average molecular weight is 485 g/mol.